The van der Waals surface area contributed by atoms with Crippen molar-refractivity contribution in [3.63, 3.8) is 0 Å². The van der Waals surface area contributed by atoms with Crippen molar-refractivity contribution in [1.82, 2.24) is 0 Å². The lowest BCUT2D eigenvalue weighted by Crippen LogP contribution is -2.22. The summed E-state index contributed by atoms with van der Waals surface area (Å²) in [7, 11) is 0. The number of aldehydes is 1. The molecule has 0 aliphatic carbocycles. The Morgan fingerprint density at radius 2 is 0.930 bits per heavy atom. The predicted molar refractivity (Wildman–Crippen MR) is 254 cm³/mol. The second kappa shape index (κ2) is 21.7. The molecule has 0 amide bonds. The Kier molecular flexibility index (Phi) is 16.5. The van der Waals surface area contributed by atoms with E-state index in [2.05, 4.69) is 128 Å². The molecule has 0 spiro atoms. The van der Waals surface area contributed by atoms with Gasteiger partial charge in [0, 0.05) is 56.1 Å². The van der Waals surface area contributed by atoms with Gasteiger partial charge >= 0.3 is 0 Å². The minimum atomic E-state index is -0.0357. The van der Waals surface area contributed by atoms with Crippen LogP contribution in [-0.2, 0) is 22.7 Å². The first-order chi connectivity index (χ1) is 27.8. The number of carbonyl (C=O) groups is 1. The molecular weight excluding hydrogens is 1040 g/mol. The van der Waals surface area contributed by atoms with Crippen molar-refractivity contribution >= 4 is 129 Å². The van der Waals surface area contributed by atoms with Gasteiger partial charge in [-0.15, -0.1) is 0 Å². The second-order valence-corrected chi connectivity index (χ2v) is 17.4. The van der Waals surface area contributed by atoms with Crippen LogP contribution in [-0.4, -0.2) is 24.3 Å². The highest BCUT2D eigenvalue weighted by Gasteiger charge is 2.15. The third-order valence-corrected chi connectivity index (χ3v) is 12.7. The van der Waals surface area contributed by atoms with E-state index in [0.29, 0.717) is 6.61 Å². The highest BCUT2D eigenvalue weighted by atomic mass is 79.9. The average molecular weight is 1080 g/mol. The van der Waals surface area contributed by atoms with E-state index in [9.17, 15) is 4.79 Å². The van der Waals surface area contributed by atoms with E-state index < -0.39 is 0 Å². The molecule has 9 rings (SSSR count). The van der Waals surface area contributed by atoms with Crippen LogP contribution in [0.5, 0.6) is 0 Å². The van der Waals surface area contributed by atoms with E-state index in [-0.39, 0.29) is 12.9 Å². The molecule has 1 N–H and O–H groups in total. The summed E-state index contributed by atoms with van der Waals surface area (Å²) in [5.41, 5.74) is 2.90. The van der Waals surface area contributed by atoms with E-state index >= 15 is 0 Å². The molecule has 1 saturated heterocycles. The highest BCUT2D eigenvalue weighted by Crippen LogP contribution is 2.32. The maximum Gasteiger partial charge on any atom is 0.158 e. The zero-order chi connectivity index (χ0) is 40.1. The van der Waals surface area contributed by atoms with Crippen molar-refractivity contribution in [1.29, 1.82) is 0 Å². The number of hydrogen-bond acceptors (Lipinski definition) is 4. The lowest BCUT2D eigenvalue weighted by Gasteiger charge is -2.23. The van der Waals surface area contributed by atoms with Crippen LogP contribution in [0.15, 0.2) is 168 Å². The van der Waals surface area contributed by atoms with Crippen LogP contribution >= 0.6 is 79.6 Å². The number of halogens is 5. The van der Waals surface area contributed by atoms with Crippen molar-refractivity contribution in [3.8, 4) is 0 Å². The summed E-state index contributed by atoms with van der Waals surface area (Å²) < 4.78 is 16.9. The normalized spacial score (nSPS) is 13.5. The van der Waals surface area contributed by atoms with Crippen LogP contribution in [0.25, 0.3) is 43.1 Å². The number of hydrogen-bond donors (Lipinski definition) is 1. The van der Waals surface area contributed by atoms with Gasteiger partial charge in [0.15, 0.2) is 12.6 Å². The van der Waals surface area contributed by atoms with Crippen LogP contribution in [0.3, 0.4) is 0 Å². The summed E-state index contributed by atoms with van der Waals surface area (Å²) in [6.07, 6.45) is 4.20. The van der Waals surface area contributed by atoms with Crippen molar-refractivity contribution in [2.24, 2.45) is 0 Å². The van der Waals surface area contributed by atoms with Crippen molar-refractivity contribution in [3.05, 3.63) is 185 Å². The second-order valence-electron chi connectivity index (χ2n) is 13.2. The topological polar surface area (TPSA) is 55.8 Å². The number of aliphatic hydroxyl groups excluding tert-OH is 1. The first-order valence-electron chi connectivity index (χ1n) is 18.4. The van der Waals surface area contributed by atoms with Gasteiger partial charge < -0.3 is 14.6 Å². The average Bonchev–Trinajstić information content (AvgIpc) is 3.24. The fourth-order valence-corrected chi connectivity index (χ4v) is 10.0. The molecule has 290 valence electrons. The fourth-order valence-electron chi connectivity index (χ4n) is 6.69. The molecule has 1 aliphatic rings. The van der Waals surface area contributed by atoms with Gasteiger partial charge in [-0.25, -0.2) is 0 Å². The largest absolute Gasteiger partial charge is 0.392 e. The van der Waals surface area contributed by atoms with Crippen molar-refractivity contribution in [2.45, 2.75) is 38.8 Å². The maximum atomic E-state index is 10.8. The van der Waals surface area contributed by atoms with Gasteiger partial charge in [0.05, 0.1) is 13.2 Å². The van der Waals surface area contributed by atoms with E-state index in [1.165, 1.54) is 33.5 Å². The van der Waals surface area contributed by atoms with Gasteiger partial charge in [-0.2, -0.15) is 0 Å². The van der Waals surface area contributed by atoms with Gasteiger partial charge in [0.2, 0.25) is 0 Å². The molecule has 8 aromatic carbocycles. The minimum absolute atomic E-state index is 0.0357. The molecular formula is C48H39Br5O4. The Hall–Kier alpha value is -3.25. The molecule has 1 atom stereocenters. The third-order valence-electron chi connectivity index (χ3n) is 9.43. The summed E-state index contributed by atoms with van der Waals surface area (Å²) in [6, 6.07) is 48.5. The maximum absolute atomic E-state index is 10.8. The van der Waals surface area contributed by atoms with Crippen LogP contribution in [0.4, 0.5) is 0 Å². The lowest BCUT2D eigenvalue weighted by molar-refractivity contribution is -0.168. The Morgan fingerprint density at radius 3 is 1.39 bits per heavy atom. The summed E-state index contributed by atoms with van der Waals surface area (Å²) >= 11 is 17.6. The third kappa shape index (κ3) is 11.3. The summed E-state index contributed by atoms with van der Waals surface area (Å²) in [6.45, 7) is 1.51. The lowest BCUT2D eigenvalue weighted by atomic mass is 10.1. The molecule has 0 saturated carbocycles. The number of fused-ring (bicyclic) bond motifs is 4. The molecule has 1 aliphatic heterocycles. The number of ether oxygens (including phenoxy) is 2. The molecule has 1 fully saturated rings. The van der Waals surface area contributed by atoms with E-state index in [1.807, 2.05) is 97.1 Å². The smallest absolute Gasteiger partial charge is 0.158 e. The van der Waals surface area contributed by atoms with Gasteiger partial charge in [-0.3, -0.25) is 4.79 Å². The van der Waals surface area contributed by atoms with Gasteiger partial charge in [-0.1, -0.05) is 195 Å². The SMILES string of the molecule is Brc1cccc2cccc(Br)c12.Brc1cccc2cccc(COC3CCCCO3)c12.O=Cc1cccc2cccc(Br)c12.OCc1cccc2cccc(Br)c12. The quantitative estimate of drug-likeness (QED) is 0.175. The number of rotatable bonds is 5. The summed E-state index contributed by atoms with van der Waals surface area (Å²) in [4.78, 5) is 10.8. The molecule has 0 aromatic heterocycles. The van der Waals surface area contributed by atoms with Gasteiger partial charge in [-0.05, 0) is 82.3 Å². The molecule has 57 heavy (non-hydrogen) atoms. The standard InChI is InChI=1S/C16H17BrO2.C11H9BrO.C11H7BrO.C10H6Br2/c17-14-8-4-6-12-5-3-7-13(16(12)14)11-19-15-9-1-2-10-18-15;2*12-10-6-2-4-8-3-1-5-9(7-13)11(8)10;11-8-5-1-3-7-4-2-6-9(12)10(7)8/h3-8,15H,1-2,9-11H2;1-6,13H,7H2;1-7H;1-6H. The van der Waals surface area contributed by atoms with Gasteiger partial charge in [0.1, 0.15) is 0 Å². The molecule has 4 nitrogen and oxygen atoms in total. The monoisotopic (exact) mass is 1070 g/mol. The number of aliphatic hydroxyl groups is 1. The molecule has 0 bridgehead atoms. The van der Waals surface area contributed by atoms with Crippen LogP contribution in [0.2, 0.25) is 0 Å². The fraction of sp³-hybridized carbons (Fsp3) is 0.146. The molecule has 1 unspecified atom stereocenters. The van der Waals surface area contributed by atoms with Crippen LogP contribution < -0.4 is 0 Å². The first-order valence-corrected chi connectivity index (χ1v) is 22.4. The molecule has 8 aromatic rings. The Labute approximate surface area is 375 Å². The zero-order valence-corrected chi connectivity index (χ0v) is 38.7. The molecule has 1 heterocycles. The van der Waals surface area contributed by atoms with Gasteiger partial charge in [0.25, 0.3) is 0 Å². The van der Waals surface area contributed by atoms with E-state index in [0.717, 1.165) is 80.8 Å². The number of benzene rings is 8. The summed E-state index contributed by atoms with van der Waals surface area (Å²) in [5, 5.41) is 18.4. The molecule has 0 radical (unpaired) electrons. The predicted octanol–water partition coefficient (Wildman–Crippen LogP) is 15.5. The van der Waals surface area contributed by atoms with Crippen molar-refractivity contribution < 1.29 is 19.4 Å². The Bertz CT molecular complexity index is 2550. The first kappa shape index (κ1) is 43.3. The summed E-state index contributed by atoms with van der Waals surface area (Å²) in [5.74, 6) is 0. The van der Waals surface area contributed by atoms with E-state index in [4.69, 9.17) is 14.6 Å². The van der Waals surface area contributed by atoms with Crippen LogP contribution in [0, 0.1) is 0 Å². The van der Waals surface area contributed by atoms with Crippen LogP contribution in [0.1, 0.15) is 40.7 Å². The minimum Gasteiger partial charge on any atom is -0.392 e. The number of carbonyl (C=O) groups excluding carboxylic acids is 1. The Balaban J connectivity index is 0.000000131. The zero-order valence-electron chi connectivity index (χ0n) is 30.8. The Morgan fingerprint density at radius 1 is 0.526 bits per heavy atom. The van der Waals surface area contributed by atoms with E-state index in [1.54, 1.807) is 0 Å². The molecule has 9 heteroatoms. The highest BCUT2D eigenvalue weighted by molar-refractivity contribution is 9.11. The van der Waals surface area contributed by atoms with Crippen molar-refractivity contribution in [2.75, 3.05) is 6.61 Å².